The second-order valence-electron chi connectivity index (χ2n) is 5.13. The van der Waals surface area contributed by atoms with Gasteiger partial charge in [-0.1, -0.05) is 24.3 Å². The second-order valence-corrected chi connectivity index (χ2v) is 6.46. The molecule has 1 amide bonds. The van der Waals surface area contributed by atoms with E-state index in [2.05, 4.69) is 5.32 Å². The summed E-state index contributed by atoms with van der Waals surface area (Å²) in [5, 5.41) is 3.03. The van der Waals surface area contributed by atoms with Gasteiger partial charge >= 0.3 is 0 Å². The fourth-order valence-corrected chi connectivity index (χ4v) is 2.92. The molecule has 0 heterocycles. The number of rotatable bonds is 7. The number of benzene rings is 2. The molecular formula is C18H20FNO2S. The predicted molar refractivity (Wildman–Crippen MR) is 92.1 cm³/mol. The van der Waals surface area contributed by atoms with Crippen molar-refractivity contribution in [2.24, 2.45) is 0 Å². The highest BCUT2D eigenvalue weighted by Crippen LogP contribution is 2.27. The van der Waals surface area contributed by atoms with Crippen LogP contribution in [0.5, 0.6) is 5.75 Å². The molecule has 0 aliphatic carbocycles. The second kappa shape index (κ2) is 8.58. The van der Waals surface area contributed by atoms with E-state index in [0.717, 1.165) is 16.9 Å². The van der Waals surface area contributed by atoms with Crippen molar-refractivity contribution in [3.63, 3.8) is 0 Å². The van der Waals surface area contributed by atoms with E-state index in [1.54, 1.807) is 19.2 Å². The zero-order valence-electron chi connectivity index (χ0n) is 13.2. The van der Waals surface area contributed by atoms with Crippen molar-refractivity contribution >= 4 is 17.7 Å². The topological polar surface area (TPSA) is 38.3 Å². The molecule has 5 heteroatoms. The standard InChI is InChI=1S/C18H20FNO2S/c1-13(15-6-8-16(19)9-7-15)23-12-18(21)20-11-14-4-3-5-17(10-14)22-2/h3-10,13H,11-12H2,1-2H3,(H,20,21). The molecule has 1 unspecified atom stereocenters. The summed E-state index contributed by atoms with van der Waals surface area (Å²) in [6, 6.07) is 14.0. The van der Waals surface area contributed by atoms with E-state index in [0.29, 0.717) is 12.3 Å². The molecule has 1 atom stereocenters. The van der Waals surface area contributed by atoms with Crippen molar-refractivity contribution in [2.75, 3.05) is 12.9 Å². The number of hydrogen-bond acceptors (Lipinski definition) is 3. The first-order valence-electron chi connectivity index (χ1n) is 7.35. The maximum Gasteiger partial charge on any atom is 0.230 e. The summed E-state index contributed by atoms with van der Waals surface area (Å²) in [5.41, 5.74) is 2.01. The maximum atomic E-state index is 12.9. The van der Waals surface area contributed by atoms with Crippen LogP contribution in [0, 0.1) is 5.82 Å². The van der Waals surface area contributed by atoms with Gasteiger partial charge in [-0.15, -0.1) is 11.8 Å². The van der Waals surface area contributed by atoms with E-state index in [9.17, 15) is 9.18 Å². The monoisotopic (exact) mass is 333 g/mol. The summed E-state index contributed by atoms with van der Waals surface area (Å²) in [6.07, 6.45) is 0. The number of methoxy groups -OCH3 is 1. The Balaban J connectivity index is 1.77. The molecule has 2 aromatic rings. The summed E-state index contributed by atoms with van der Waals surface area (Å²) in [7, 11) is 1.62. The van der Waals surface area contributed by atoms with Crippen molar-refractivity contribution in [1.82, 2.24) is 5.32 Å². The Morgan fingerprint density at radius 3 is 2.70 bits per heavy atom. The highest BCUT2D eigenvalue weighted by atomic mass is 32.2. The average molecular weight is 333 g/mol. The van der Waals surface area contributed by atoms with Gasteiger partial charge in [-0.25, -0.2) is 4.39 Å². The smallest absolute Gasteiger partial charge is 0.230 e. The third kappa shape index (κ3) is 5.60. The molecule has 0 saturated heterocycles. The van der Waals surface area contributed by atoms with E-state index >= 15 is 0 Å². The lowest BCUT2D eigenvalue weighted by molar-refractivity contribution is -0.118. The van der Waals surface area contributed by atoms with Gasteiger partial charge in [0.25, 0.3) is 0 Å². The zero-order chi connectivity index (χ0) is 16.7. The van der Waals surface area contributed by atoms with E-state index in [4.69, 9.17) is 4.74 Å². The molecule has 0 aromatic heterocycles. The van der Waals surface area contributed by atoms with Gasteiger partial charge in [-0.2, -0.15) is 0 Å². The van der Waals surface area contributed by atoms with Gasteiger partial charge < -0.3 is 10.1 Å². The lowest BCUT2D eigenvalue weighted by Gasteiger charge is -2.12. The Kier molecular flexibility index (Phi) is 6.47. The molecule has 0 aliphatic rings. The first kappa shape index (κ1) is 17.3. The van der Waals surface area contributed by atoms with E-state index in [-0.39, 0.29) is 17.0 Å². The Bertz CT molecular complexity index is 646. The van der Waals surface area contributed by atoms with Crippen LogP contribution >= 0.6 is 11.8 Å². The number of ether oxygens (including phenoxy) is 1. The minimum Gasteiger partial charge on any atom is -0.497 e. The fraction of sp³-hybridized carbons (Fsp3) is 0.278. The molecule has 1 N–H and O–H groups in total. The van der Waals surface area contributed by atoms with Crippen LogP contribution in [0.2, 0.25) is 0 Å². The number of hydrogen-bond donors (Lipinski definition) is 1. The Morgan fingerprint density at radius 2 is 2.00 bits per heavy atom. The van der Waals surface area contributed by atoms with Crippen LogP contribution in [-0.2, 0) is 11.3 Å². The van der Waals surface area contributed by atoms with Crippen molar-refractivity contribution < 1.29 is 13.9 Å². The van der Waals surface area contributed by atoms with Crippen molar-refractivity contribution in [3.8, 4) is 5.75 Å². The number of halogens is 1. The Labute approximate surface area is 140 Å². The molecule has 0 saturated carbocycles. The molecule has 0 aliphatic heterocycles. The van der Waals surface area contributed by atoms with Crippen LogP contribution in [0.25, 0.3) is 0 Å². The first-order valence-corrected chi connectivity index (χ1v) is 8.40. The normalized spacial score (nSPS) is 11.8. The third-order valence-corrected chi connectivity index (χ3v) is 4.63. The van der Waals surface area contributed by atoms with Crippen LogP contribution in [0.15, 0.2) is 48.5 Å². The van der Waals surface area contributed by atoms with E-state index in [1.807, 2.05) is 31.2 Å². The number of amides is 1. The number of nitrogens with one attached hydrogen (secondary N) is 1. The van der Waals surface area contributed by atoms with Crippen molar-refractivity contribution in [3.05, 3.63) is 65.5 Å². The molecule has 23 heavy (non-hydrogen) atoms. The van der Waals surface area contributed by atoms with E-state index < -0.39 is 0 Å². The van der Waals surface area contributed by atoms with E-state index in [1.165, 1.54) is 23.9 Å². The van der Waals surface area contributed by atoms with Crippen LogP contribution in [0.1, 0.15) is 23.3 Å². The summed E-state index contributed by atoms with van der Waals surface area (Å²) < 4.78 is 18.1. The molecule has 2 rings (SSSR count). The van der Waals surface area contributed by atoms with Crippen LogP contribution in [0.3, 0.4) is 0 Å². The quantitative estimate of drug-likeness (QED) is 0.834. The molecule has 0 spiro atoms. The fourth-order valence-electron chi connectivity index (χ4n) is 2.06. The molecule has 122 valence electrons. The molecule has 0 radical (unpaired) electrons. The van der Waals surface area contributed by atoms with Gasteiger partial charge in [-0.05, 0) is 42.3 Å². The van der Waals surface area contributed by atoms with Gasteiger partial charge in [0.15, 0.2) is 0 Å². The predicted octanol–water partition coefficient (Wildman–Crippen LogP) is 3.94. The maximum absolute atomic E-state index is 12.9. The number of thioether (sulfide) groups is 1. The Morgan fingerprint density at radius 1 is 1.26 bits per heavy atom. The highest BCUT2D eigenvalue weighted by molar-refractivity contribution is 8.00. The van der Waals surface area contributed by atoms with Gasteiger partial charge in [0, 0.05) is 11.8 Å². The van der Waals surface area contributed by atoms with Crippen LogP contribution in [0.4, 0.5) is 4.39 Å². The van der Waals surface area contributed by atoms with Crippen molar-refractivity contribution in [1.29, 1.82) is 0 Å². The highest BCUT2D eigenvalue weighted by Gasteiger charge is 2.09. The van der Waals surface area contributed by atoms with Gasteiger partial charge in [-0.3, -0.25) is 4.79 Å². The van der Waals surface area contributed by atoms with Gasteiger partial charge in [0.1, 0.15) is 11.6 Å². The molecule has 0 bridgehead atoms. The molecule has 0 fully saturated rings. The van der Waals surface area contributed by atoms with Crippen molar-refractivity contribution in [2.45, 2.75) is 18.7 Å². The van der Waals surface area contributed by atoms with Gasteiger partial charge in [0.2, 0.25) is 5.91 Å². The Hall–Kier alpha value is -2.01. The molecule has 2 aromatic carbocycles. The SMILES string of the molecule is COc1cccc(CNC(=O)CSC(C)c2ccc(F)cc2)c1. The summed E-state index contributed by atoms with van der Waals surface area (Å²) in [6.45, 7) is 2.48. The minimum atomic E-state index is -0.248. The number of carbonyl (C=O) groups excluding carboxylic acids is 1. The lowest BCUT2D eigenvalue weighted by atomic mass is 10.2. The van der Waals surface area contributed by atoms with Gasteiger partial charge in [0.05, 0.1) is 12.9 Å². The number of carbonyl (C=O) groups is 1. The lowest BCUT2D eigenvalue weighted by Crippen LogP contribution is -2.24. The third-order valence-electron chi connectivity index (χ3n) is 3.43. The first-order chi connectivity index (χ1) is 11.1. The summed E-state index contributed by atoms with van der Waals surface area (Å²) in [5.74, 6) is 0.868. The summed E-state index contributed by atoms with van der Waals surface area (Å²) >= 11 is 1.53. The minimum absolute atomic E-state index is 0.0215. The molecule has 3 nitrogen and oxygen atoms in total. The average Bonchev–Trinajstić information content (AvgIpc) is 2.58. The summed E-state index contributed by atoms with van der Waals surface area (Å²) in [4.78, 5) is 11.9. The van der Waals surface area contributed by atoms with Crippen LogP contribution < -0.4 is 10.1 Å². The largest absolute Gasteiger partial charge is 0.497 e. The molecular weight excluding hydrogens is 313 g/mol. The zero-order valence-corrected chi connectivity index (χ0v) is 14.0. The van der Waals surface area contributed by atoms with Crippen LogP contribution in [-0.4, -0.2) is 18.8 Å².